The molecule has 0 aliphatic carbocycles. The minimum absolute atomic E-state index is 0.0808. The Morgan fingerprint density at radius 1 is 1.64 bits per heavy atom. The fourth-order valence-electron chi connectivity index (χ4n) is 1.19. The third kappa shape index (κ3) is 1.24. The summed E-state index contributed by atoms with van der Waals surface area (Å²) >= 11 is 3.21. The molecule has 0 bridgehead atoms. The summed E-state index contributed by atoms with van der Waals surface area (Å²) in [5, 5.41) is 9.34. The van der Waals surface area contributed by atoms with Crippen LogP contribution in [-0.2, 0) is 0 Å². The fraction of sp³-hybridized carbons (Fsp3) is 0. The van der Waals surface area contributed by atoms with Gasteiger partial charge in [-0.05, 0) is 22.0 Å². The Balaban J connectivity index is 2.77. The smallest absolute Gasteiger partial charge is 0.352 e. The van der Waals surface area contributed by atoms with E-state index in [9.17, 15) is 4.79 Å². The van der Waals surface area contributed by atoms with Crippen LogP contribution in [0.1, 0.15) is 10.5 Å². The van der Waals surface area contributed by atoms with E-state index in [4.69, 9.17) is 10.8 Å². The van der Waals surface area contributed by atoms with Gasteiger partial charge in [0.1, 0.15) is 11.3 Å². The molecule has 0 amide bonds. The third-order valence-corrected chi connectivity index (χ3v) is 2.51. The lowest BCUT2D eigenvalue weighted by Crippen LogP contribution is -1.94. The number of fused-ring (bicyclic) bond motifs is 1. The Labute approximate surface area is 87.1 Å². The van der Waals surface area contributed by atoms with Gasteiger partial charge in [-0.15, -0.1) is 0 Å². The molecular weight excluding hydrogens is 250 g/mol. The monoisotopic (exact) mass is 255 g/mol. The van der Waals surface area contributed by atoms with Gasteiger partial charge in [0.25, 0.3) is 0 Å². The second kappa shape index (κ2) is 2.98. The number of pyridine rings is 1. The van der Waals surface area contributed by atoms with Gasteiger partial charge < -0.3 is 15.8 Å². The van der Waals surface area contributed by atoms with Crippen molar-refractivity contribution in [2.45, 2.75) is 0 Å². The van der Waals surface area contributed by atoms with Crippen molar-refractivity contribution >= 4 is 38.6 Å². The van der Waals surface area contributed by atoms with Crippen molar-refractivity contribution in [1.29, 1.82) is 0 Å². The molecular formula is C8H6BrN3O2. The number of nitrogen functional groups attached to an aromatic ring is 1. The summed E-state index contributed by atoms with van der Waals surface area (Å²) in [5.41, 5.74) is 6.77. The van der Waals surface area contributed by atoms with Crippen molar-refractivity contribution in [3.63, 3.8) is 0 Å². The minimum Gasteiger partial charge on any atom is -0.477 e. The highest BCUT2D eigenvalue weighted by molar-refractivity contribution is 9.10. The van der Waals surface area contributed by atoms with Crippen LogP contribution >= 0.6 is 15.9 Å². The maximum atomic E-state index is 10.7. The Morgan fingerprint density at radius 2 is 2.36 bits per heavy atom. The summed E-state index contributed by atoms with van der Waals surface area (Å²) in [4.78, 5) is 17.3. The lowest BCUT2D eigenvalue weighted by atomic mass is 10.3. The van der Waals surface area contributed by atoms with Crippen LogP contribution in [0, 0.1) is 0 Å². The zero-order chi connectivity index (χ0) is 10.3. The molecule has 0 aliphatic heterocycles. The lowest BCUT2D eigenvalue weighted by Gasteiger charge is -1.96. The molecule has 2 aromatic heterocycles. The second-order valence-electron chi connectivity index (χ2n) is 2.77. The second-order valence-corrected chi connectivity index (χ2v) is 3.62. The first kappa shape index (κ1) is 9.01. The quantitative estimate of drug-likeness (QED) is 0.722. The lowest BCUT2D eigenvalue weighted by molar-refractivity contribution is 0.0691. The maximum Gasteiger partial charge on any atom is 0.352 e. The molecule has 0 unspecified atom stereocenters. The van der Waals surface area contributed by atoms with Gasteiger partial charge in [0.05, 0.1) is 10.2 Å². The molecule has 4 N–H and O–H groups in total. The molecule has 0 fully saturated rings. The number of carboxylic acid groups (broad SMARTS) is 1. The number of nitrogens with two attached hydrogens (primary N) is 1. The number of nitrogens with zero attached hydrogens (tertiary/aromatic N) is 1. The number of H-pyrrole nitrogens is 1. The summed E-state index contributed by atoms with van der Waals surface area (Å²) in [7, 11) is 0. The van der Waals surface area contributed by atoms with E-state index in [0.29, 0.717) is 21.2 Å². The minimum atomic E-state index is -1.03. The average molecular weight is 256 g/mol. The summed E-state index contributed by atoms with van der Waals surface area (Å²) in [6.07, 6.45) is 1.53. The number of hydrogen-bond acceptors (Lipinski definition) is 3. The molecule has 2 heterocycles. The topological polar surface area (TPSA) is 92.0 Å². The fourth-order valence-corrected chi connectivity index (χ4v) is 1.50. The molecule has 14 heavy (non-hydrogen) atoms. The van der Waals surface area contributed by atoms with Gasteiger partial charge in [-0.25, -0.2) is 9.78 Å². The Morgan fingerprint density at radius 3 is 3.00 bits per heavy atom. The molecule has 0 aromatic carbocycles. The SMILES string of the molecule is Nc1c(Br)cnc2[nH]c(C(=O)O)cc12. The molecule has 0 atom stereocenters. The van der Waals surface area contributed by atoms with E-state index in [2.05, 4.69) is 25.9 Å². The number of rotatable bonds is 1. The van der Waals surface area contributed by atoms with Crippen LogP contribution in [0.3, 0.4) is 0 Å². The van der Waals surface area contributed by atoms with Gasteiger partial charge >= 0.3 is 5.97 Å². The number of hydrogen-bond donors (Lipinski definition) is 3. The van der Waals surface area contributed by atoms with E-state index in [1.54, 1.807) is 0 Å². The number of carboxylic acids is 1. The van der Waals surface area contributed by atoms with E-state index in [0.717, 1.165) is 0 Å². The van der Waals surface area contributed by atoms with Crippen molar-refractivity contribution in [3.8, 4) is 0 Å². The van der Waals surface area contributed by atoms with E-state index in [1.807, 2.05) is 0 Å². The zero-order valence-electron chi connectivity index (χ0n) is 6.91. The summed E-state index contributed by atoms with van der Waals surface area (Å²) in [5.74, 6) is -1.03. The van der Waals surface area contributed by atoms with Gasteiger partial charge in [-0.2, -0.15) is 0 Å². The molecule has 2 rings (SSSR count). The van der Waals surface area contributed by atoms with Gasteiger partial charge in [0.15, 0.2) is 0 Å². The number of halogens is 1. The Hall–Kier alpha value is -1.56. The largest absolute Gasteiger partial charge is 0.477 e. The van der Waals surface area contributed by atoms with E-state index in [1.165, 1.54) is 12.3 Å². The Kier molecular flexibility index (Phi) is 1.92. The standard InChI is InChI=1S/C8H6BrN3O2/c9-4-2-11-7-3(6(4)10)1-5(12-7)8(13)14/h1-2H,(H,13,14)(H3,10,11,12). The van der Waals surface area contributed by atoms with Crippen LogP contribution < -0.4 is 5.73 Å². The molecule has 5 nitrogen and oxygen atoms in total. The molecule has 2 aromatic rings. The first-order valence-electron chi connectivity index (χ1n) is 3.75. The third-order valence-electron chi connectivity index (χ3n) is 1.88. The average Bonchev–Trinajstić information content (AvgIpc) is 2.56. The molecule has 0 aliphatic rings. The normalized spacial score (nSPS) is 10.6. The first-order valence-corrected chi connectivity index (χ1v) is 4.55. The number of aromatic nitrogens is 2. The molecule has 0 spiro atoms. The summed E-state index contributed by atoms with van der Waals surface area (Å²) < 4.78 is 0.654. The van der Waals surface area contributed by atoms with Crippen LogP contribution in [0.5, 0.6) is 0 Å². The van der Waals surface area contributed by atoms with Crippen molar-refractivity contribution in [2.75, 3.05) is 5.73 Å². The van der Waals surface area contributed by atoms with E-state index in [-0.39, 0.29) is 5.69 Å². The highest BCUT2D eigenvalue weighted by Gasteiger charge is 2.11. The Bertz CT molecular complexity index is 521. The highest BCUT2D eigenvalue weighted by Crippen LogP contribution is 2.27. The highest BCUT2D eigenvalue weighted by atomic mass is 79.9. The zero-order valence-corrected chi connectivity index (χ0v) is 8.50. The van der Waals surface area contributed by atoms with Crippen molar-refractivity contribution < 1.29 is 9.90 Å². The van der Waals surface area contributed by atoms with Crippen molar-refractivity contribution in [1.82, 2.24) is 9.97 Å². The summed E-state index contributed by atoms with van der Waals surface area (Å²) in [6.45, 7) is 0. The van der Waals surface area contributed by atoms with Crippen LogP contribution in [0.4, 0.5) is 5.69 Å². The first-order chi connectivity index (χ1) is 6.59. The molecule has 6 heteroatoms. The van der Waals surface area contributed by atoms with Gasteiger partial charge in [0.2, 0.25) is 0 Å². The maximum absolute atomic E-state index is 10.7. The predicted octanol–water partition coefficient (Wildman–Crippen LogP) is 1.61. The molecule has 0 saturated carbocycles. The predicted molar refractivity (Wildman–Crippen MR) is 55.2 cm³/mol. The van der Waals surface area contributed by atoms with Crippen molar-refractivity contribution in [3.05, 3.63) is 22.4 Å². The number of aromatic amines is 1. The molecule has 0 radical (unpaired) electrons. The number of carbonyl (C=O) groups is 1. The van der Waals surface area contributed by atoms with Crippen LogP contribution in [0.15, 0.2) is 16.7 Å². The van der Waals surface area contributed by atoms with Gasteiger partial charge in [-0.1, -0.05) is 0 Å². The summed E-state index contributed by atoms with van der Waals surface area (Å²) in [6, 6.07) is 1.46. The van der Waals surface area contributed by atoms with Crippen LogP contribution in [0.2, 0.25) is 0 Å². The van der Waals surface area contributed by atoms with Gasteiger partial charge in [-0.3, -0.25) is 0 Å². The number of anilines is 1. The van der Waals surface area contributed by atoms with Crippen molar-refractivity contribution in [2.24, 2.45) is 0 Å². The van der Waals surface area contributed by atoms with Gasteiger partial charge in [0, 0.05) is 11.6 Å². The molecule has 72 valence electrons. The van der Waals surface area contributed by atoms with Crippen LogP contribution in [-0.4, -0.2) is 21.0 Å². The number of nitrogens with one attached hydrogen (secondary N) is 1. The molecule has 0 saturated heterocycles. The number of aromatic carboxylic acids is 1. The van der Waals surface area contributed by atoms with E-state index < -0.39 is 5.97 Å². The van der Waals surface area contributed by atoms with E-state index >= 15 is 0 Å². The van der Waals surface area contributed by atoms with Crippen LogP contribution in [0.25, 0.3) is 11.0 Å².